The second-order valence-corrected chi connectivity index (χ2v) is 5.91. The third kappa shape index (κ3) is 4.11. The Morgan fingerprint density at radius 1 is 1.50 bits per heavy atom. The molecule has 2 rings (SSSR count). The van der Waals surface area contributed by atoms with Gasteiger partial charge in [0, 0.05) is 4.47 Å². The van der Waals surface area contributed by atoms with Gasteiger partial charge >= 0.3 is 5.97 Å². The normalized spacial score (nSPS) is 15.5. The van der Waals surface area contributed by atoms with Gasteiger partial charge < -0.3 is 15.2 Å². The van der Waals surface area contributed by atoms with Crippen LogP contribution in [-0.2, 0) is 9.59 Å². The highest BCUT2D eigenvalue weighted by molar-refractivity contribution is 9.10. The van der Waals surface area contributed by atoms with E-state index in [1.807, 2.05) is 0 Å². The summed E-state index contributed by atoms with van der Waals surface area (Å²) in [6, 6.07) is 4.20. The van der Waals surface area contributed by atoms with Gasteiger partial charge in [0.05, 0.1) is 5.02 Å². The molecule has 1 amide bonds. The lowest BCUT2D eigenvalue weighted by Gasteiger charge is -2.14. The van der Waals surface area contributed by atoms with Gasteiger partial charge in [-0.15, -0.1) is 0 Å². The lowest BCUT2D eigenvalue weighted by molar-refractivity contribution is -0.142. The Balaban J connectivity index is 1.86. The van der Waals surface area contributed by atoms with Crippen molar-refractivity contribution in [1.82, 2.24) is 5.32 Å². The minimum Gasteiger partial charge on any atom is -0.482 e. The van der Waals surface area contributed by atoms with Crippen LogP contribution < -0.4 is 10.1 Å². The summed E-state index contributed by atoms with van der Waals surface area (Å²) in [5.41, 5.74) is 0. The zero-order chi connectivity index (χ0) is 14.7. The van der Waals surface area contributed by atoms with E-state index >= 15 is 0 Å². The Kier molecular flexibility index (Phi) is 4.88. The van der Waals surface area contributed by atoms with Crippen LogP contribution in [0.15, 0.2) is 22.7 Å². The minimum absolute atomic E-state index is 0.0349. The van der Waals surface area contributed by atoms with Crippen molar-refractivity contribution in [3.05, 3.63) is 27.7 Å². The van der Waals surface area contributed by atoms with E-state index in [4.69, 9.17) is 21.4 Å². The number of hydrogen-bond acceptors (Lipinski definition) is 3. The van der Waals surface area contributed by atoms with Crippen LogP contribution in [0.1, 0.15) is 12.8 Å². The zero-order valence-electron chi connectivity index (χ0n) is 10.4. The van der Waals surface area contributed by atoms with E-state index in [1.54, 1.807) is 18.2 Å². The first-order valence-electron chi connectivity index (χ1n) is 6.07. The van der Waals surface area contributed by atoms with Gasteiger partial charge in [0.15, 0.2) is 6.61 Å². The summed E-state index contributed by atoms with van der Waals surface area (Å²) in [6.45, 7) is -0.266. The fourth-order valence-electron chi connectivity index (χ4n) is 1.76. The number of carbonyl (C=O) groups excluding carboxylic acids is 1. The van der Waals surface area contributed by atoms with Gasteiger partial charge in [-0.1, -0.05) is 27.5 Å². The highest BCUT2D eigenvalue weighted by Gasteiger charge is 2.37. The third-order valence-corrected chi connectivity index (χ3v) is 3.72. The van der Waals surface area contributed by atoms with Crippen LogP contribution in [0.5, 0.6) is 5.75 Å². The van der Waals surface area contributed by atoms with Gasteiger partial charge in [-0.25, -0.2) is 4.79 Å². The molecule has 20 heavy (non-hydrogen) atoms. The number of carbonyl (C=O) groups is 2. The van der Waals surface area contributed by atoms with Crippen LogP contribution in [0.4, 0.5) is 0 Å². The fourth-order valence-corrected chi connectivity index (χ4v) is 2.49. The van der Waals surface area contributed by atoms with Crippen molar-refractivity contribution in [2.45, 2.75) is 18.9 Å². The van der Waals surface area contributed by atoms with Crippen LogP contribution >= 0.6 is 27.5 Å². The Bertz CT molecular complexity index is 533. The third-order valence-electron chi connectivity index (χ3n) is 2.93. The molecule has 0 saturated heterocycles. The molecular weight excluding hydrogens is 350 g/mol. The molecule has 2 N–H and O–H groups in total. The maximum Gasteiger partial charge on any atom is 0.326 e. The highest BCUT2D eigenvalue weighted by Crippen LogP contribution is 2.32. The van der Waals surface area contributed by atoms with E-state index < -0.39 is 17.9 Å². The monoisotopic (exact) mass is 361 g/mol. The first kappa shape index (κ1) is 15.1. The summed E-state index contributed by atoms with van der Waals surface area (Å²) < 4.78 is 6.08. The summed E-state index contributed by atoms with van der Waals surface area (Å²) in [5, 5.41) is 11.9. The number of ether oxygens (including phenoxy) is 1. The minimum atomic E-state index is -1.01. The number of aliphatic carboxylic acids is 1. The van der Waals surface area contributed by atoms with E-state index in [2.05, 4.69) is 21.2 Å². The molecule has 1 fully saturated rings. The predicted octanol–water partition coefficient (Wildman–Crippen LogP) is 2.46. The number of carboxylic acid groups (broad SMARTS) is 1. The summed E-state index contributed by atoms with van der Waals surface area (Å²) in [7, 11) is 0. The lowest BCUT2D eigenvalue weighted by atomic mass is 10.2. The number of benzene rings is 1. The second-order valence-electron chi connectivity index (χ2n) is 4.58. The van der Waals surface area contributed by atoms with Crippen LogP contribution in [0.2, 0.25) is 5.02 Å². The van der Waals surface area contributed by atoms with Crippen molar-refractivity contribution >= 4 is 39.4 Å². The molecule has 1 aliphatic rings. The smallest absolute Gasteiger partial charge is 0.326 e. The topological polar surface area (TPSA) is 75.6 Å². The molecule has 1 aliphatic carbocycles. The number of rotatable bonds is 6. The van der Waals surface area contributed by atoms with Gasteiger partial charge in [0.25, 0.3) is 5.91 Å². The molecular formula is C13H13BrClNO4. The Labute approximate surface area is 129 Å². The molecule has 0 radical (unpaired) electrons. The molecule has 0 aromatic heterocycles. The van der Waals surface area contributed by atoms with E-state index in [-0.39, 0.29) is 12.5 Å². The van der Waals surface area contributed by atoms with Crippen molar-refractivity contribution in [2.24, 2.45) is 5.92 Å². The van der Waals surface area contributed by atoms with Crippen LogP contribution in [-0.4, -0.2) is 29.6 Å². The molecule has 1 unspecified atom stereocenters. The van der Waals surface area contributed by atoms with Crippen LogP contribution in [0, 0.1) is 5.92 Å². The van der Waals surface area contributed by atoms with Gasteiger partial charge in [-0.3, -0.25) is 4.79 Å². The molecule has 0 bridgehead atoms. The maximum atomic E-state index is 11.7. The van der Waals surface area contributed by atoms with Crippen molar-refractivity contribution in [3.8, 4) is 5.75 Å². The van der Waals surface area contributed by atoms with Gasteiger partial charge in [0.2, 0.25) is 0 Å². The predicted molar refractivity (Wildman–Crippen MR) is 76.9 cm³/mol. The molecule has 1 aromatic rings. The number of nitrogens with one attached hydrogen (secondary N) is 1. The first-order chi connectivity index (χ1) is 9.47. The Morgan fingerprint density at radius 2 is 2.20 bits per heavy atom. The van der Waals surface area contributed by atoms with E-state index in [0.717, 1.165) is 17.3 Å². The standard InChI is InChI=1S/C13H13BrClNO4/c14-8-3-4-10(9(15)5-8)20-6-11(17)16-12(13(18)19)7-1-2-7/h3-5,7,12H,1-2,6H2,(H,16,17)(H,18,19). The summed E-state index contributed by atoms with van der Waals surface area (Å²) in [6.07, 6.45) is 1.66. The molecule has 0 spiro atoms. The maximum absolute atomic E-state index is 11.7. The number of halogens is 2. The lowest BCUT2D eigenvalue weighted by Crippen LogP contribution is -2.44. The molecule has 7 heteroatoms. The molecule has 1 atom stereocenters. The van der Waals surface area contributed by atoms with Gasteiger partial charge in [0.1, 0.15) is 11.8 Å². The van der Waals surface area contributed by atoms with E-state index in [9.17, 15) is 9.59 Å². The molecule has 108 valence electrons. The summed E-state index contributed by atoms with van der Waals surface area (Å²) in [5.74, 6) is -1.07. The number of amides is 1. The van der Waals surface area contributed by atoms with Crippen LogP contribution in [0.25, 0.3) is 0 Å². The average Bonchev–Trinajstić information content (AvgIpc) is 3.18. The molecule has 1 aromatic carbocycles. The number of hydrogen-bond donors (Lipinski definition) is 2. The largest absolute Gasteiger partial charge is 0.482 e. The van der Waals surface area contributed by atoms with Crippen molar-refractivity contribution in [3.63, 3.8) is 0 Å². The Morgan fingerprint density at radius 3 is 2.75 bits per heavy atom. The van der Waals surface area contributed by atoms with Crippen molar-refractivity contribution in [1.29, 1.82) is 0 Å². The highest BCUT2D eigenvalue weighted by atomic mass is 79.9. The molecule has 1 saturated carbocycles. The van der Waals surface area contributed by atoms with Crippen molar-refractivity contribution in [2.75, 3.05) is 6.61 Å². The van der Waals surface area contributed by atoms with Crippen LogP contribution in [0.3, 0.4) is 0 Å². The molecule has 0 aliphatic heterocycles. The first-order valence-corrected chi connectivity index (χ1v) is 7.24. The fraction of sp³-hybridized carbons (Fsp3) is 0.385. The number of carboxylic acids is 1. The van der Waals surface area contributed by atoms with Gasteiger partial charge in [-0.2, -0.15) is 0 Å². The zero-order valence-corrected chi connectivity index (χ0v) is 12.8. The Hall–Kier alpha value is -1.27. The van der Waals surface area contributed by atoms with Crippen molar-refractivity contribution < 1.29 is 19.4 Å². The quantitative estimate of drug-likeness (QED) is 0.815. The summed E-state index contributed by atoms with van der Waals surface area (Å²) in [4.78, 5) is 22.7. The SMILES string of the molecule is O=C(COc1ccc(Br)cc1Cl)NC(C(=O)O)C1CC1. The summed E-state index contributed by atoms with van der Waals surface area (Å²) >= 11 is 9.21. The van der Waals surface area contributed by atoms with E-state index in [1.165, 1.54) is 0 Å². The van der Waals surface area contributed by atoms with Gasteiger partial charge in [-0.05, 0) is 37.0 Å². The van der Waals surface area contributed by atoms with E-state index in [0.29, 0.717) is 10.8 Å². The average molecular weight is 363 g/mol. The second kappa shape index (κ2) is 6.45. The molecule has 5 nitrogen and oxygen atoms in total. The molecule has 0 heterocycles.